The summed E-state index contributed by atoms with van der Waals surface area (Å²) in [7, 11) is 0. The number of esters is 2. The molecule has 7 N–H and O–H groups in total. The molecular formula is C53H88O15. The van der Waals surface area contributed by atoms with Crippen LogP contribution in [-0.4, -0.2) is 142 Å². The van der Waals surface area contributed by atoms with Crippen molar-refractivity contribution in [1.29, 1.82) is 0 Å². The fourth-order valence-electron chi connectivity index (χ4n) is 7.48. The first-order valence-electron chi connectivity index (χ1n) is 25.5. The maximum absolute atomic E-state index is 13.0. The third-order valence-electron chi connectivity index (χ3n) is 11.7. The zero-order valence-corrected chi connectivity index (χ0v) is 41.1. The van der Waals surface area contributed by atoms with Gasteiger partial charge in [-0.15, -0.1) is 0 Å². The lowest BCUT2D eigenvalue weighted by atomic mass is 9.98. The highest BCUT2D eigenvalue weighted by Crippen LogP contribution is 2.26. The predicted molar refractivity (Wildman–Crippen MR) is 261 cm³/mol. The summed E-state index contributed by atoms with van der Waals surface area (Å²) in [6, 6.07) is 0. The molecule has 0 aromatic rings. The van der Waals surface area contributed by atoms with Crippen molar-refractivity contribution in [3.63, 3.8) is 0 Å². The number of allylic oxidation sites excluding steroid dienone is 12. The third kappa shape index (κ3) is 27.4. The summed E-state index contributed by atoms with van der Waals surface area (Å²) in [4.78, 5) is 25.7. The van der Waals surface area contributed by atoms with Crippen LogP contribution in [0.4, 0.5) is 0 Å². The van der Waals surface area contributed by atoms with Crippen molar-refractivity contribution in [2.24, 2.45) is 0 Å². The van der Waals surface area contributed by atoms with Gasteiger partial charge in [-0.3, -0.25) is 9.59 Å². The minimum atomic E-state index is -1.78. The van der Waals surface area contributed by atoms with E-state index in [2.05, 4.69) is 74.6 Å². The third-order valence-corrected chi connectivity index (χ3v) is 11.7. The Balaban J connectivity index is 1.85. The molecule has 15 heteroatoms. The number of carbonyl (C=O) groups is 2. The molecule has 0 saturated carbocycles. The lowest BCUT2D eigenvalue weighted by molar-refractivity contribution is -0.332. The smallest absolute Gasteiger partial charge is 0.306 e. The number of unbranched alkanes of at least 4 members (excludes halogenated alkanes) is 12. The van der Waals surface area contributed by atoms with Crippen LogP contribution in [0, 0.1) is 0 Å². The molecular weight excluding hydrogens is 877 g/mol. The molecule has 2 heterocycles. The van der Waals surface area contributed by atoms with Gasteiger partial charge in [-0.05, 0) is 77.0 Å². The number of carbonyl (C=O) groups excluding carboxylic acids is 2. The van der Waals surface area contributed by atoms with E-state index in [4.69, 9.17) is 28.4 Å². The summed E-state index contributed by atoms with van der Waals surface area (Å²) >= 11 is 0. The van der Waals surface area contributed by atoms with Gasteiger partial charge in [0.1, 0.15) is 55.4 Å². The number of rotatable bonds is 38. The molecule has 390 valence electrons. The van der Waals surface area contributed by atoms with Gasteiger partial charge in [0, 0.05) is 12.8 Å². The zero-order valence-electron chi connectivity index (χ0n) is 41.1. The normalized spacial score (nSPS) is 26.4. The topological polar surface area (TPSA) is 231 Å². The predicted octanol–water partition coefficient (Wildman–Crippen LogP) is 7.04. The Hall–Kier alpha value is -3.06. The number of aliphatic hydroxyl groups excluding tert-OH is 7. The van der Waals surface area contributed by atoms with Gasteiger partial charge in [0.05, 0.1) is 19.8 Å². The maximum Gasteiger partial charge on any atom is 0.306 e. The van der Waals surface area contributed by atoms with Crippen LogP contribution >= 0.6 is 0 Å². The average molecular weight is 965 g/mol. The molecule has 0 spiro atoms. The van der Waals surface area contributed by atoms with E-state index in [0.717, 1.165) is 70.6 Å². The molecule has 0 radical (unpaired) electrons. The van der Waals surface area contributed by atoms with E-state index in [1.807, 2.05) is 12.2 Å². The molecule has 0 bridgehead atoms. The Labute approximate surface area is 406 Å². The fraction of sp³-hybridized carbons (Fsp3) is 0.736. The Bertz CT molecular complexity index is 1460. The van der Waals surface area contributed by atoms with Gasteiger partial charge < -0.3 is 64.2 Å². The van der Waals surface area contributed by atoms with Gasteiger partial charge >= 0.3 is 11.9 Å². The number of hydrogen-bond donors (Lipinski definition) is 7. The van der Waals surface area contributed by atoms with Crippen molar-refractivity contribution in [1.82, 2.24) is 0 Å². The number of hydrogen-bond acceptors (Lipinski definition) is 15. The summed E-state index contributed by atoms with van der Waals surface area (Å²) in [5.41, 5.74) is 0. The molecule has 2 aliphatic heterocycles. The summed E-state index contributed by atoms with van der Waals surface area (Å²) in [5.74, 6) is -1.01. The maximum atomic E-state index is 13.0. The Morgan fingerprint density at radius 2 is 0.941 bits per heavy atom. The van der Waals surface area contributed by atoms with E-state index in [1.54, 1.807) is 0 Å². The Morgan fingerprint density at radius 3 is 1.51 bits per heavy atom. The monoisotopic (exact) mass is 965 g/mol. The van der Waals surface area contributed by atoms with Crippen molar-refractivity contribution in [2.75, 3.05) is 26.4 Å². The second kappa shape index (κ2) is 39.6. The van der Waals surface area contributed by atoms with Crippen molar-refractivity contribution < 1.29 is 73.8 Å². The Morgan fingerprint density at radius 1 is 0.485 bits per heavy atom. The van der Waals surface area contributed by atoms with Gasteiger partial charge in [-0.2, -0.15) is 0 Å². The highest BCUT2D eigenvalue weighted by Gasteiger charge is 2.47. The minimum Gasteiger partial charge on any atom is -0.462 e. The van der Waals surface area contributed by atoms with Crippen LogP contribution in [-0.2, 0) is 38.0 Å². The molecule has 0 aliphatic carbocycles. The van der Waals surface area contributed by atoms with E-state index >= 15 is 0 Å². The molecule has 0 aromatic carbocycles. The molecule has 2 saturated heterocycles. The lowest BCUT2D eigenvalue weighted by Crippen LogP contribution is -2.61. The van der Waals surface area contributed by atoms with E-state index < -0.39 is 99.3 Å². The molecule has 11 unspecified atom stereocenters. The van der Waals surface area contributed by atoms with Gasteiger partial charge in [-0.25, -0.2) is 0 Å². The second-order valence-electron chi connectivity index (χ2n) is 17.6. The van der Waals surface area contributed by atoms with Crippen LogP contribution in [0.2, 0.25) is 0 Å². The van der Waals surface area contributed by atoms with Gasteiger partial charge in [0.15, 0.2) is 18.7 Å². The summed E-state index contributed by atoms with van der Waals surface area (Å²) in [5, 5.41) is 72.1. The van der Waals surface area contributed by atoms with Gasteiger partial charge in [0.25, 0.3) is 0 Å². The highest BCUT2D eigenvalue weighted by molar-refractivity contribution is 5.70. The van der Waals surface area contributed by atoms with Crippen LogP contribution < -0.4 is 0 Å². The van der Waals surface area contributed by atoms with Crippen LogP contribution in [0.5, 0.6) is 0 Å². The SMILES string of the molecule is CC/C=C\C/C=C\C/C=C\C/C=C\C/C=C\CCCC(=O)OC(COC(=O)CCCCCCC/C=C\CCCCCCCC)COC1OC(COC2OC(CO)C(O)C(O)C2O)C(O)C(O)C1O. The molecule has 2 rings (SSSR count). The average Bonchev–Trinajstić information content (AvgIpc) is 3.33. The van der Waals surface area contributed by atoms with E-state index in [1.165, 1.54) is 38.5 Å². The minimum absolute atomic E-state index is 0.0818. The van der Waals surface area contributed by atoms with E-state index in [9.17, 15) is 45.3 Å². The first kappa shape index (κ1) is 61.1. The van der Waals surface area contributed by atoms with Crippen molar-refractivity contribution >= 4 is 11.9 Å². The summed E-state index contributed by atoms with van der Waals surface area (Å²) in [6.45, 7) is 2.38. The largest absolute Gasteiger partial charge is 0.462 e. The standard InChI is InChI=1S/C53H88O15/c1-3-5-7-9-11-13-15-17-19-20-22-24-26-28-30-32-34-36-45(56)66-41(38-63-44(55)35-33-31-29-27-25-23-21-18-16-14-12-10-8-6-4-2)39-64-52-51(62)49(60)47(58)43(68-52)40-65-53-50(61)48(59)46(57)42(37-54)67-53/h5,7,11,13,17-19,21-22,24,28,30,41-43,46-54,57-62H,3-4,6,8-10,12,14-16,20,23,25-27,29,31-40H2,1-2H3/b7-5-,13-11-,19-17-,21-18-,24-22-,30-28-. The molecule has 15 nitrogen and oxygen atoms in total. The van der Waals surface area contributed by atoms with Crippen molar-refractivity contribution in [3.05, 3.63) is 72.9 Å². The van der Waals surface area contributed by atoms with Gasteiger partial charge in [-0.1, -0.05) is 138 Å². The van der Waals surface area contributed by atoms with Gasteiger partial charge in [0.2, 0.25) is 0 Å². The van der Waals surface area contributed by atoms with E-state index in [0.29, 0.717) is 19.3 Å². The van der Waals surface area contributed by atoms with Crippen LogP contribution in [0.25, 0.3) is 0 Å². The Kier molecular flexibility index (Phi) is 35.6. The van der Waals surface area contributed by atoms with Crippen LogP contribution in [0.15, 0.2) is 72.9 Å². The first-order chi connectivity index (χ1) is 33.0. The molecule has 0 amide bonds. The molecule has 2 fully saturated rings. The van der Waals surface area contributed by atoms with Crippen molar-refractivity contribution in [2.45, 2.75) is 223 Å². The quantitative estimate of drug-likeness (QED) is 0.0187. The van der Waals surface area contributed by atoms with E-state index in [-0.39, 0.29) is 19.4 Å². The molecule has 2 aliphatic rings. The summed E-state index contributed by atoms with van der Waals surface area (Å²) < 4.78 is 33.5. The number of ether oxygens (including phenoxy) is 6. The fourth-order valence-corrected chi connectivity index (χ4v) is 7.48. The van der Waals surface area contributed by atoms with Crippen molar-refractivity contribution in [3.8, 4) is 0 Å². The lowest BCUT2D eigenvalue weighted by Gasteiger charge is -2.42. The summed E-state index contributed by atoms with van der Waals surface area (Å²) in [6.07, 6.45) is 29.4. The molecule has 11 atom stereocenters. The zero-order chi connectivity index (χ0) is 49.6. The van der Waals surface area contributed by atoms with Crippen LogP contribution in [0.1, 0.15) is 155 Å². The highest BCUT2D eigenvalue weighted by atomic mass is 16.7. The second-order valence-corrected chi connectivity index (χ2v) is 17.6. The first-order valence-corrected chi connectivity index (χ1v) is 25.5. The molecule has 0 aromatic heterocycles. The molecule has 68 heavy (non-hydrogen) atoms. The van der Waals surface area contributed by atoms with Crippen LogP contribution in [0.3, 0.4) is 0 Å². The number of aliphatic hydroxyl groups is 7.